The number of ether oxygens (including phenoxy) is 1. The van der Waals surface area contributed by atoms with Crippen LogP contribution in [0.2, 0.25) is 0 Å². The van der Waals surface area contributed by atoms with Gasteiger partial charge < -0.3 is 14.7 Å². The zero-order valence-corrected chi connectivity index (χ0v) is 12.1. The number of para-hydroxylation sites is 1. The van der Waals surface area contributed by atoms with Gasteiger partial charge in [0.15, 0.2) is 6.10 Å². The topological polar surface area (TPSA) is 66.8 Å². The van der Waals surface area contributed by atoms with Crippen LogP contribution in [0, 0.1) is 0 Å². The van der Waals surface area contributed by atoms with Crippen LogP contribution >= 0.6 is 0 Å². The van der Waals surface area contributed by atoms with Gasteiger partial charge in [-0.05, 0) is 32.9 Å². The normalized spacial score (nSPS) is 13.3. The van der Waals surface area contributed by atoms with Crippen LogP contribution in [0.15, 0.2) is 30.3 Å². The van der Waals surface area contributed by atoms with Gasteiger partial charge in [0, 0.05) is 12.6 Å². The molecule has 1 aromatic carbocycles. The Morgan fingerprint density at radius 1 is 1.25 bits per heavy atom. The fourth-order valence-electron chi connectivity index (χ4n) is 2.03. The van der Waals surface area contributed by atoms with Gasteiger partial charge in [0.05, 0.1) is 6.42 Å². The largest absolute Gasteiger partial charge is 0.481 e. The molecule has 5 nitrogen and oxygen atoms in total. The number of carboxylic acid groups (broad SMARTS) is 1. The Labute approximate surface area is 119 Å². The maximum atomic E-state index is 12.3. The van der Waals surface area contributed by atoms with E-state index in [1.54, 1.807) is 26.0 Å². The molecule has 5 heteroatoms. The number of carbonyl (C=O) groups excluding carboxylic acids is 1. The van der Waals surface area contributed by atoms with E-state index in [2.05, 4.69) is 0 Å². The average molecular weight is 279 g/mol. The molecule has 0 bridgehead atoms. The molecule has 0 heterocycles. The van der Waals surface area contributed by atoms with E-state index in [-0.39, 0.29) is 18.4 Å². The zero-order chi connectivity index (χ0) is 15.1. The zero-order valence-electron chi connectivity index (χ0n) is 12.1. The smallest absolute Gasteiger partial charge is 0.305 e. The molecule has 0 aliphatic carbocycles. The molecule has 20 heavy (non-hydrogen) atoms. The van der Waals surface area contributed by atoms with Gasteiger partial charge in [0.2, 0.25) is 0 Å². The molecule has 2 atom stereocenters. The summed E-state index contributed by atoms with van der Waals surface area (Å²) in [7, 11) is 0. The summed E-state index contributed by atoms with van der Waals surface area (Å²) in [4.78, 5) is 24.6. The predicted octanol–water partition coefficient (Wildman–Crippen LogP) is 2.17. The second-order valence-electron chi connectivity index (χ2n) is 4.64. The molecule has 1 aromatic rings. The summed E-state index contributed by atoms with van der Waals surface area (Å²) in [5.41, 5.74) is 0. The second-order valence-corrected chi connectivity index (χ2v) is 4.64. The van der Waals surface area contributed by atoms with Crippen molar-refractivity contribution in [2.75, 3.05) is 6.54 Å². The van der Waals surface area contributed by atoms with E-state index in [1.165, 1.54) is 4.90 Å². The predicted molar refractivity (Wildman–Crippen MR) is 75.6 cm³/mol. The fourth-order valence-corrected chi connectivity index (χ4v) is 2.03. The van der Waals surface area contributed by atoms with Crippen molar-refractivity contribution in [2.24, 2.45) is 0 Å². The number of carboxylic acids is 1. The summed E-state index contributed by atoms with van der Waals surface area (Å²) < 4.78 is 5.58. The highest BCUT2D eigenvalue weighted by Gasteiger charge is 2.26. The van der Waals surface area contributed by atoms with Crippen molar-refractivity contribution in [1.29, 1.82) is 0 Å². The first-order valence-corrected chi connectivity index (χ1v) is 6.69. The molecule has 110 valence electrons. The first-order valence-electron chi connectivity index (χ1n) is 6.69. The van der Waals surface area contributed by atoms with Crippen molar-refractivity contribution in [1.82, 2.24) is 4.90 Å². The van der Waals surface area contributed by atoms with Gasteiger partial charge in [0.1, 0.15) is 5.75 Å². The summed E-state index contributed by atoms with van der Waals surface area (Å²) in [5, 5.41) is 8.81. The van der Waals surface area contributed by atoms with Crippen LogP contribution in [0.5, 0.6) is 5.75 Å². The first-order chi connectivity index (χ1) is 9.45. The maximum absolute atomic E-state index is 12.3. The Bertz CT molecular complexity index is 446. The quantitative estimate of drug-likeness (QED) is 0.830. The van der Waals surface area contributed by atoms with E-state index in [1.807, 2.05) is 25.1 Å². The summed E-state index contributed by atoms with van der Waals surface area (Å²) in [5.74, 6) is -0.499. The Balaban J connectivity index is 2.68. The van der Waals surface area contributed by atoms with Gasteiger partial charge in [-0.15, -0.1) is 0 Å². The molecule has 0 fully saturated rings. The number of aliphatic carboxylic acids is 1. The van der Waals surface area contributed by atoms with Crippen LogP contribution in [0.4, 0.5) is 0 Å². The molecule has 0 spiro atoms. The fraction of sp³-hybridized carbons (Fsp3) is 0.467. The molecular weight excluding hydrogens is 258 g/mol. The number of hydrogen-bond donors (Lipinski definition) is 1. The van der Waals surface area contributed by atoms with Crippen molar-refractivity contribution < 1.29 is 19.4 Å². The molecule has 0 aromatic heterocycles. The number of amides is 1. The Kier molecular flexibility index (Phi) is 6.03. The highest BCUT2D eigenvalue weighted by molar-refractivity contribution is 5.81. The molecule has 1 rings (SSSR count). The van der Waals surface area contributed by atoms with Crippen molar-refractivity contribution >= 4 is 11.9 Å². The minimum Gasteiger partial charge on any atom is -0.481 e. The minimum absolute atomic E-state index is 0.0718. The lowest BCUT2D eigenvalue weighted by molar-refractivity contribution is -0.143. The van der Waals surface area contributed by atoms with E-state index in [0.29, 0.717) is 12.3 Å². The highest BCUT2D eigenvalue weighted by Crippen LogP contribution is 2.14. The van der Waals surface area contributed by atoms with Gasteiger partial charge >= 0.3 is 5.97 Å². The number of nitrogens with zero attached hydrogens (tertiary/aromatic N) is 1. The SMILES string of the molecule is CCN(C(=O)C(C)Oc1ccccc1)C(C)CC(=O)O. The van der Waals surface area contributed by atoms with E-state index in [4.69, 9.17) is 9.84 Å². The third-order valence-electron chi connectivity index (χ3n) is 3.03. The van der Waals surface area contributed by atoms with Crippen LogP contribution in [-0.2, 0) is 9.59 Å². The Hall–Kier alpha value is -2.04. The number of carbonyl (C=O) groups is 2. The van der Waals surface area contributed by atoms with Gasteiger partial charge in [-0.3, -0.25) is 9.59 Å². The molecule has 0 aliphatic heterocycles. The van der Waals surface area contributed by atoms with E-state index < -0.39 is 12.1 Å². The molecule has 0 saturated carbocycles. The molecule has 0 radical (unpaired) electrons. The van der Waals surface area contributed by atoms with Crippen LogP contribution in [0.3, 0.4) is 0 Å². The van der Waals surface area contributed by atoms with Crippen molar-refractivity contribution in [2.45, 2.75) is 39.3 Å². The maximum Gasteiger partial charge on any atom is 0.305 e. The van der Waals surface area contributed by atoms with Crippen molar-refractivity contribution in [3.63, 3.8) is 0 Å². The summed E-state index contributed by atoms with van der Waals surface area (Å²) in [6.07, 6.45) is -0.717. The first kappa shape index (κ1) is 16.0. The lowest BCUT2D eigenvalue weighted by Gasteiger charge is -2.29. The third kappa shape index (κ3) is 4.57. The standard InChI is InChI=1S/C15H21NO4/c1-4-16(11(2)10-14(17)18)15(19)12(3)20-13-8-6-5-7-9-13/h5-9,11-12H,4,10H2,1-3H3,(H,17,18). The molecule has 0 aliphatic rings. The lowest BCUT2D eigenvalue weighted by atomic mass is 10.2. The number of benzene rings is 1. The van der Waals surface area contributed by atoms with Gasteiger partial charge in [-0.1, -0.05) is 18.2 Å². The van der Waals surface area contributed by atoms with E-state index in [9.17, 15) is 9.59 Å². The molecule has 0 saturated heterocycles. The molecule has 2 unspecified atom stereocenters. The Morgan fingerprint density at radius 3 is 2.35 bits per heavy atom. The lowest BCUT2D eigenvalue weighted by Crippen LogP contribution is -2.45. The van der Waals surface area contributed by atoms with E-state index >= 15 is 0 Å². The number of rotatable bonds is 7. The summed E-state index contributed by atoms with van der Waals surface area (Å²) in [6, 6.07) is 8.73. The minimum atomic E-state index is -0.916. The Morgan fingerprint density at radius 2 is 1.85 bits per heavy atom. The van der Waals surface area contributed by atoms with Crippen LogP contribution in [0.25, 0.3) is 0 Å². The van der Waals surface area contributed by atoms with Gasteiger partial charge in [-0.2, -0.15) is 0 Å². The molecule has 1 amide bonds. The third-order valence-corrected chi connectivity index (χ3v) is 3.03. The van der Waals surface area contributed by atoms with Crippen LogP contribution < -0.4 is 4.74 Å². The van der Waals surface area contributed by atoms with Crippen LogP contribution in [0.1, 0.15) is 27.2 Å². The van der Waals surface area contributed by atoms with Crippen LogP contribution in [-0.4, -0.2) is 40.6 Å². The van der Waals surface area contributed by atoms with Gasteiger partial charge in [0.25, 0.3) is 5.91 Å². The average Bonchev–Trinajstić information content (AvgIpc) is 2.39. The van der Waals surface area contributed by atoms with Gasteiger partial charge in [-0.25, -0.2) is 0 Å². The van der Waals surface area contributed by atoms with E-state index in [0.717, 1.165) is 0 Å². The monoisotopic (exact) mass is 279 g/mol. The second kappa shape index (κ2) is 7.53. The van der Waals surface area contributed by atoms with Crippen molar-refractivity contribution in [3.8, 4) is 5.75 Å². The summed E-state index contributed by atoms with van der Waals surface area (Å²) >= 11 is 0. The molecule has 1 N–H and O–H groups in total. The number of likely N-dealkylation sites (N-methyl/N-ethyl adjacent to an activating group) is 1. The molecular formula is C15H21NO4. The highest BCUT2D eigenvalue weighted by atomic mass is 16.5. The van der Waals surface area contributed by atoms with Crippen molar-refractivity contribution in [3.05, 3.63) is 30.3 Å². The summed E-state index contributed by atoms with van der Waals surface area (Å²) in [6.45, 7) is 5.68. The number of hydrogen-bond acceptors (Lipinski definition) is 3.